The molecule has 0 bridgehead atoms. The van der Waals surface area contributed by atoms with Crippen LogP contribution in [0.2, 0.25) is 0 Å². The minimum Gasteiger partial charge on any atom is -0.416 e. The van der Waals surface area contributed by atoms with Gasteiger partial charge in [0, 0.05) is 24.2 Å². The summed E-state index contributed by atoms with van der Waals surface area (Å²) in [6.07, 6.45) is 3.86. The molecule has 1 aliphatic rings. The molecule has 6 nitrogen and oxygen atoms in total. The highest BCUT2D eigenvalue weighted by molar-refractivity contribution is 7.89. The van der Waals surface area contributed by atoms with E-state index in [4.69, 9.17) is 4.42 Å². The van der Waals surface area contributed by atoms with Crippen LogP contribution in [-0.4, -0.2) is 36.0 Å². The van der Waals surface area contributed by atoms with E-state index in [1.54, 1.807) is 34.6 Å². The summed E-state index contributed by atoms with van der Waals surface area (Å²) >= 11 is 0. The first kappa shape index (κ1) is 19.7. The van der Waals surface area contributed by atoms with Gasteiger partial charge in [0.25, 0.3) is 0 Å². The van der Waals surface area contributed by atoms with E-state index in [0.29, 0.717) is 24.2 Å². The SMILES string of the molecule is Cc1ccc(S(=O)(=O)N2CCCCCC2)cc1-c1nnc(-c2ccc(F)cc2)o1. The third kappa shape index (κ3) is 4.09. The number of hydrogen-bond donors (Lipinski definition) is 0. The maximum Gasteiger partial charge on any atom is 0.248 e. The minimum atomic E-state index is -3.58. The van der Waals surface area contributed by atoms with Gasteiger partial charge in [-0.2, -0.15) is 4.31 Å². The number of benzene rings is 2. The van der Waals surface area contributed by atoms with Gasteiger partial charge in [-0.05, 0) is 61.7 Å². The van der Waals surface area contributed by atoms with Gasteiger partial charge in [-0.3, -0.25) is 0 Å². The summed E-state index contributed by atoms with van der Waals surface area (Å²) in [5, 5.41) is 8.11. The molecule has 29 heavy (non-hydrogen) atoms. The largest absolute Gasteiger partial charge is 0.416 e. The zero-order valence-corrected chi connectivity index (χ0v) is 17.0. The molecule has 2 aromatic carbocycles. The predicted molar refractivity (Wildman–Crippen MR) is 107 cm³/mol. The third-order valence-electron chi connectivity index (χ3n) is 5.16. The lowest BCUT2D eigenvalue weighted by molar-refractivity contribution is 0.423. The zero-order valence-electron chi connectivity index (χ0n) is 16.1. The van der Waals surface area contributed by atoms with Gasteiger partial charge in [0.05, 0.1) is 4.90 Å². The topological polar surface area (TPSA) is 76.3 Å². The summed E-state index contributed by atoms with van der Waals surface area (Å²) in [5.41, 5.74) is 1.99. The fraction of sp³-hybridized carbons (Fsp3) is 0.333. The van der Waals surface area contributed by atoms with Crippen LogP contribution in [0.4, 0.5) is 4.39 Å². The fourth-order valence-corrected chi connectivity index (χ4v) is 5.01. The first-order valence-corrected chi connectivity index (χ1v) is 11.1. The van der Waals surface area contributed by atoms with Crippen molar-refractivity contribution in [1.82, 2.24) is 14.5 Å². The van der Waals surface area contributed by atoms with Crippen LogP contribution in [0, 0.1) is 12.7 Å². The minimum absolute atomic E-state index is 0.224. The van der Waals surface area contributed by atoms with Crippen molar-refractivity contribution in [3.05, 3.63) is 53.8 Å². The Hall–Kier alpha value is -2.58. The molecule has 3 aromatic rings. The molecule has 8 heteroatoms. The van der Waals surface area contributed by atoms with Crippen LogP contribution in [0.1, 0.15) is 31.2 Å². The Labute approximate surface area is 169 Å². The second-order valence-corrected chi connectivity index (χ2v) is 9.15. The first-order chi connectivity index (χ1) is 13.9. The summed E-state index contributed by atoms with van der Waals surface area (Å²) in [6.45, 7) is 2.95. The maximum atomic E-state index is 13.1. The molecule has 0 atom stereocenters. The molecule has 2 heterocycles. The molecule has 0 radical (unpaired) electrons. The summed E-state index contributed by atoms with van der Waals surface area (Å²) < 4.78 is 46.7. The van der Waals surface area contributed by atoms with Crippen LogP contribution in [-0.2, 0) is 10.0 Å². The number of halogens is 1. The number of rotatable bonds is 4. The molecule has 0 saturated carbocycles. The summed E-state index contributed by atoms with van der Waals surface area (Å²) in [7, 11) is -3.58. The molecule has 1 aliphatic heterocycles. The van der Waals surface area contributed by atoms with Crippen molar-refractivity contribution >= 4 is 10.0 Å². The molecule has 0 N–H and O–H groups in total. The van der Waals surface area contributed by atoms with Crippen LogP contribution < -0.4 is 0 Å². The van der Waals surface area contributed by atoms with Crippen molar-refractivity contribution < 1.29 is 17.2 Å². The average Bonchev–Trinajstić information content (AvgIpc) is 3.02. The molecule has 0 unspecified atom stereocenters. The van der Waals surface area contributed by atoms with Gasteiger partial charge in [0.15, 0.2) is 0 Å². The van der Waals surface area contributed by atoms with E-state index < -0.39 is 10.0 Å². The van der Waals surface area contributed by atoms with Crippen molar-refractivity contribution in [2.24, 2.45) is 0 Å². The lowest BCUT2D eigenvalue weighted by Crippen LogP contribution is -2.31. The van der Waals surface area contributed by atoms with E-state index in [2.05, 4.69) is 10.2 Å². The molecule has 1 fully saturated rings. The lowest BCUT2D eigenvalue weighted by atomic mass is 10.1. The van der Waals surface area contributed by atoms with Gasteiger partial charge in [-0.1, -0.05) is 18.9 Å². The van der Waals surface area contributed by atoms with Gasteiger partial charge < -0.3 is 4.42 Å². The number of hydrogen-bond acceptors (Lipinski definition) is 5. The van der Waals surface area contributed by atoms with E-state index in [0.717, 1.165) is 31.2 Å². The number of aryl methyl sites for hydroxylation is 1. The average molecular weight is 415 g/mol. The molecule has 0 amide bonds. The number of nitrogens with zero attached hydrogens (tertiary/aromatic N) is 3. The second-order valence-electron chi connectivity index (χ2n) is 7.21. The van der Waals surface area contributed by atoms with Crippen molar-refractivity contribution in [1.29, 1.82) is 0 Å². The molecule has 1 aromatic heterocycles. The van der Waals surface area contributed by atoms with Crippen molar-refractivity contribution in [2.45, 2.75) is 37.5 Å². The van der Waals surface area contributed by atoms with Gasteiger partial charge in [-0.15, -0.1) is 10.2 Å². The standard InChI is InChI=1S/C21H22FN3O3S/c1-15-6-11-18(29(26,27)25-12-4-2-3-5-13-25)14-19(15)21-24-23-20(28-21)16-7-9-17(22)10-8-16/h6-11,14H,2-5,12-13H2,1H3. The van der Waals surface area contributed by atoms with Crippen LogP contribution in [0.5, 0.6) is 0 Å². The van der Waals surface area contributed by atoms with Crippen LogP contribution in [0.15, 0.2) is 51.8 Å². The molecule has 0 aliphatic carbocycles. The van der Waals surface area contributed by atoms with E-state index in [-0.39, 0.29) is 22.5 Å². The molecular formula is C21H22FN3O3S. The van der Waals surface area contributed by atoms with Gasteiger partial charge in [0.1, 0.15) is 5.82 Å². The Morgan fingerprint density at radius 3 is 2.28 bits per heavy atom. The summed E-state index contributed by atoms with van der Waals surface area (Å²) in [4.78, 5) is 0.224. The highest BCUT2D eigenvalue weighted by atomic mass is 32.2. The highest BCUT2D eigenvalue weighted by Gasteiger charge is 2.26. The maximum absolute atomic E-state index is 13.1. The van der Waals surface area contributed by atoms with Crippen LogP contribution in [0.3, 0.4) is 0 Å². The Balaban J connectivity index is 1.68. The van der Waals surface area contributed by atoms with E-state index >= 15 is 0 Å². The number of aromatic nitrogens is 2. The van der Waals surface area contributed by atoms with E-state index in [1.165, 1.54) is 12.1 Å². The van der Waals surface area contributed by atoms with Crippen LogP contribution in [0.25, 0.3) is 22.9 Å². The van der Waals surface area contributed by atoms with E-state index in [1.807, 2.05) is 6.92 Å². The molecule has 4 rings (SSSR count). The molecular weight excluding hydrogens is 393 g/mol. The Morgan fingerprint density at radius 1 is 0.931 bits per heavy atom. The third-order valence-corrected chi connectivity index (χ3v) is 7.05. The van der Waals surface area contributed by atoms with Gasteiger partial charge >= 0.3 is 0 Å². The predicted octanol–water partition coefficient (Wildman–Crippen LogP) is 4.42. The Bertz CT molecular complexity index is 1100. The number of sulfonamides is 1. The Morgan fingerprint density at radius 2 is 1.59 bits per heavy atom. The second kappa shape index (κ2) is 8.04. The first-order valence-electron chi connectivity index (χ1n) is 9.66. The molecule has 0 spiro atoms. The van der Waals surface area contributed by atoms with Gasteiger partial charge in [0.2, 0.25) is 21.8 Å². The summed E-state index contributed by atoms with van der Waals surface area (Å²) in [5.74, 6) is 0.130. The quantitative estimate of drug-likeness (QED) is 0.631. The van der Waals surface area contributed by atoms with Crippen molar-refractivity contribution in [3.8, 4) is 22.9 Å². The zero-order chi connectivity index (χ0) is 20.4. The van der Waals surface area contributed by atoms with Crippen molar-refractivity contribution in [2.75, 3.05) is 13.1 Å². The van der Waals surface area contributed by atoms with Gasteiger partial charge in [-0.25, -0.2) is 12.8 Å². The summed E-state index contributed by atoms with van der Waals surface area (Å²) in [6, 6.07) is 10.7. The Kier molecular flexibility index (Phi) is 5.47. The molecule has 1 saturated heterocycles. The van der Waals surface area contributed by atoms with Crippen LogP contribution >= 0.6 is 0 Å². The monoisotopic (exact) mass is 415 g/mol. The van der Waals surface area contributed by atoms with Crippen molar-refractivity contribution in [3.63, 3.8) is 0 Å². The molecule has 152 valence electrons. The lowest BCUT2D eigenvalue weighted by Gasteiger charge is -2.20. The normalized spacial score (nSPS) is 15.9. The van der Waals surface area contributed by atoms with E-state index in [9.17, 15) is 12.8 Å². The highest BCUT2D eigenvalue weighted by Crippen LogP contribution is 2.30. The fourth-order valence-electron chi connectivity index (χ4n) is 3.46. The smallest absolute Gasteiger partial charge is 0.248 e.